The molecule has 17 heavy (non-hydrogen) atoms. The third kappa shape index (κ3) is 2.63. The summed E-state index contributed by atoms with van der Waals surface area (Å²) in [4.78, 5) is 11.5. The van der Waals surface area contributed by atoms with Crippen molar-refractivity contribution < 1.29 is 14.6 Å². The highest BCUT2D eigenvalue weighted by Gasteiger charge is 2.59. The van der Waals surface area contributed by atoms with Crippen LogP contribution in [0.15, 0.2) is 0 Å². The molecule has 1 aliphatic carbocycles. The zero-order valence-electron chi connectivity index (χ0n) is 11.5. The first-order valence-corrected chi connectivity index (χ1v) is 6.36. The van der Waals surface area contributed by atoms with Gasteiger partial charge in [-0.15, -0.1) is 0 Å². The minimum atomic E-state index is -0.850. The second-order valence-electron chi connectivity index (χ2n) is 5.77. The van der Waals surface area contributed by atoms with Crippen molar-refractivity contribution in [1.29, 1.82) is 0 Å². The van der Waals surface area contributed by atoms with Crippen LogP contribution in [-0.2, 0) is 9.53 Å². The van der Waals surface area contributed by atoms with Crippen LogP contribution in [-0.4, -0.2) is 35.9 Å². The van der Waals surface area contributed by atoms with Gasteiger partial charge in [0.1, 0.15) is 0 Å². The second kappa shape index (κ2) is 4.94. The van der Waals surface area contributed by atoms with Crippen molar-refractivity contribution >= 4 is 5.91 Å². The summed E-state index contributed by atoms with van der Waals surface area (Å²) in [5, 5.41) is 13.3. The molecule has 0 aromatic heterocycles. The van der Waals surface area contributed by atoms with Gasteiger partial charge in [0.15, 0.2) is 0 Å². The fourth-order valence-electron chi connectivity index (χ4n) is 2.20. The zero-order valence-corrected chi connectivity index (χ0v) is 11.5. The van der Waals surface area contributed by atoms with Gasteiger partial charge in [-0.05, 0) is 6.92 Å². The van der Waals surface area contributed by atoms with Gasteiger partial charge in [0.25, 0.3) is 0 Å². The lowest BCUT2D eigenvalue weighted by atomic mass is 9.56. The van der Waals surface area contributed by atoms with Crippen LogP contribution in [0.3, 0.4) is 0 Å². The molecule has 100 valence electrons. The van der Waals surface area contributed by atoms with Crippen molar-refractivity contribution in [2.75, 3.05) is 13.2 Å². The Kier molecular flexibility index (Phi) is 4.20. The molecule has 2 atom stereocenters. The van der Waals surface area contributed by atoms with Gasteiger partial charge in [-0.2, -0.15) is 0 Å². The van der Waals surface area contributed by atoms with Gasteiger partial charge in [0.05, 0.1) is 11.7 Å². The Morgan fingerprint density at radius 2 is 2.12 bits per heavy atom. The van der Waals surface area contributed by atoms with Gasteiger partial charge < -0.3 is 15.2 Å². The summed E-state index contributed by atoms with van der Waals surface area (Å²) < 4.78 is 5.57. The molecule has 0 radical (unpaired) electrons. The predicted molar refractivity (Wildman–Crippen MR) is 66.6 cm³/mol. The van der Waals surface area contributed by atoms with Crippen molar-refractivity contribution in [2.45, 2.75) is 52.7 Å². The van der Waals surface area contributed by atoms with E-state index < -0.39 is 5.60 Å². The van der Waals surface area contributed by atoms with Crippen molar-refractivity contribution in [3.05, 3.63) is 0 Å². The maximum Gasteiger partial charge on any atom is 0.222 e. The number of hydrogen-bond donors (Lipinski definition) is 2. The Labute approximate surface area is 104 Å². The molecular weight excluding hydrogens is 218 g/mol. The Bertz CT molecular complexity index is 288. The molecule has 0 heterocycles. The van der Waals surface area contributed by atoms with E-state index in [0.717, 1.165) is 0 Å². The summed E-state index contributed by atoms with van der Waals surface area (Å²) in [5.41, 5.74) is -1.16. The van der Waals surface area contributed by atoms with E-state index in [2.05, 4.69) is 5.32 Å². The normalized spacial score (nSPS) is 31.1. The molecule has 0 saturated heterocycles. The van der Waals surface area contributed by atoms with Crippen LogP contribution in [0.4, 0.5) is 0 Å². The molecule has 0 unspecified atom stereocenters. The van der Waals surface area contributed by atoms with Crippen molar-refractivity contribution in [3.63, 3.8) is 0 Å². The second-order valence-corrected chi connectivity index (χ2v) is 5.77. The van der Waals surface area contributed by atoms with Gasteiger partial charge >= 0.3 is 0 Å². The zero-order chi connectivity index (χ0) is 13.3. The average molecular weight is 243 g/mol. The molecule has 1 fully saturated rings. The molecular formula is C13H25NO3. The lowest BCUT2D eigenvalue weighted by Gasteiger charge is -2.58. The van der Waals surface area contributed by atoms with E-state index >= 15 is 0 Å². The molecule has 2 N–H and O–H groups in total. The summed E-state index contributed by atoms with van der Waals surface area (Å²) >= 11 is 0. The van der Waals surface area contributed by atoms with Crippen LogP contribution in [0.2, 0.25) is 0 Å². The first kappa shape index (κ1) is 14.5. The number of ether oxygens (including phenoxy) is 1. The molecule has 0 aliphatic heterocycles. The Morgan fingerprint density at radius 3 is 2.53 bits per heavy atom. The Balaban J connectivity index is 2.52. The van der Waals surface area contributed by atoms with Crippen LogP contribution in [0.5, 0.6) is 0 Å². The largest absolute Gasteiger partial charge is 0.387 e. The number of carbonyl (C=O) groups excluding carboxylic acids is 1. The van der Waals surface area contributed by atoms with Gasteiger partial charge in [-0.1, -0.05) is 27.7 Å². The van der Waals surface area contributed by atoms with Crippen LogP contribution in [0, 0.1) is 11.3 Å². The molecule has 0 bridgehead atoms. The summed E-state index contributed by atoms with van der Waals surface area (Å²) in [6.07, 6.45) is 0.667. The van der Waals surface area contributed by atoms with E-state index in [1.807, 2.05) is 34.6 Å². The quantitative estimate of drug-likeness (QED) is 0.765. The topological polar surface area (TPSA) is 58.6 Å². The van der Waals surface area contributed by atoms with Gasteiger partial charge in [-0.3, -0.25) is 4.79 Å². The molecule has 1 saturated carbocycles. The van der Waals surface area contributed by atoms with E-state index in [0.29, 0.717) is 19.6 Å². The van der Waals surface area contributed by atoms with Gasteiger partial charge in [-0.25, -0.2) is 0 Å². The highest BCUT2D eigenvalue weighted by atomic mass is 16.5. The summed E-state index contributed by atoms with van der Waals surface area (Å²) in [6.45, 7) is 10.6. The van der Waals surface area contributed by atoms with Crippen molar-refractivity contribution in [2.24, 2.45) is 11.3 Å². The van der Waals surface area contributed by atoms with Crippen LogP contribution in [0.1, 0.15) is 41.0 Å². The third-order valence-corrected chi connectivity index (χ3v) is 3.97. The minimum absolute atomic E-state index is 0.0194. The van der Waals surface area contributed by atoms with Crippen LogP contribution in [0.25, 0.3) is 0 Å². The summed E-state index contributed by atoms with van der Waals surface area (Å²) in [5.74, 6) is -0.0708. The highest BCUT2D eigenvalue weighted by molar-refractivity contribution is 5.77. The molecule has 0 aromatic carbocycles. The maximum absolute atomic E-state index is 11.5. The molecule has 1 rings (SSSR count). The number of rotatable bonds is 5. The van der Waals surface area contributed by atoms with E-state index in [4.69, 9.17) is 4.74 Å². The van der Waals surface area contributed by atoms with E-state index in [1.54, 1.807) is 0 Å². The monoisotopic (exact) mass is 243 g/mol. The van der Waals surface area contributed by atoms with Crippen molar-refractivity contribution in [1.82, 2.24) is 5.32 Å². The fourth-order valence-corrected chi connectivity index (χ4v) is 2.20. The molecule has 4 heteroatoms. The summed E-state index contributed by atoms with van der Waals surface area (Å²) in [6, 6.07) is 0. The standard InChI is InChI=1S/C13H25NO3/c1-6-17-10-7-13(16,12(10,4)5)8-14-11(15)9(2)3/h9-10,16H,6-8H2,1-5H3,(H,14,15)/t10-,13-/m1/s1. The molecule has 4 nitrogen and oxygen atoms in total. The Hall–Kier alpha value is -0.610. The number of carbonyl (C=O) groups is 1. The number of aliphatic hydroxyl groups is 1. The molecule has 1 aliphatic rings. The SMILES string of the molecule is CCO[C@@H]1C[C@@](O)(CNC(=O)C(C)C)C1(C)C. The predicted octanol–water partition coefficient (Wildman–Crippen LogP) is 1.32. The maximum atomic E-state index is 11.5. The number of nitrogens with one attached hydrogen (secondary N) is 1. The molecule has 0 aromatic rings. The van der Waals surface area contributed by atoms with E-state index in [9.17, 15) is 9.90 Å². The molecule has 1 amide bonds. The highest BCUT2D eigenvalue weighted by Crippen LogP contribution is 2.50. The number of hydrogen-bond acceptors (Lipinski definition) is 3. The fraction of sp³-hybridized carbons (Fsp3) is 0.923. The van der Waals surface area contributed by atoms with Crippen LogP contribution >= 0.6 is 0 Å². The van der Waals surface area contributed by atoms with E-state index in [1.165, 1.54) is 0 Å². The van der Waals surface area contributed by atoms with Crippen LogP contribution < -0.4 is 5.32 Å². The van der Waals surface area contributed by atoms with E-state index in [-0.39, 0.29) is 23.3 Å². The lowest BCUT2D eigenvalue weighted by Crippen LogP contribution is -2.68. The van der Waals surface area contributed by atoms with Gasteiger partial charge in [0, 0.05) is 30.9 Å². The molecule has 0 spiro atoms. The minimum Gasteiger partial charge on any atom is -0.387 e. The first-order valence-electron chi connectivity index (χ1n) is 6.36. The first-order chi connectivity index (χ1) is 7.74. The number of amides is 1. The lowest BCUT2D eigenvalue weighted by molar-refractivity contribution is -0.238. The average Bonchev–Trinajstić information content (AvgIpc) is 2.25. The third-order valence-electron chi connectivity index (χ3n) is 3.97. The Morgan fingerprint density at radius 1 is 1.53 bits per heavy atom. The summed E-state index contributed by atoms with van der Waals surface area (Å²) in [7, 11) is 0. The van der Waals surface area contributed by atoms with Crippen molar-refractivity contribution in [3.8, 4) is 0 Å². The van der Waals surface area contributed by atoms with Gasteiger partial charge in [0.2, 0.25) is 5.91 Å². The smallest absolute Gasteiger partial charge is 0.222 e.